The molecule has 0 radical (unpaired) electrons. The zero-order valence-corrected chi connectivity index (χ0v) is 6.94. The lowest BCUT2D eigenvalue weighted by atomic mass is 9.95. The first kappa shape index (κ1) is 9.35. The van der Waals surface area contributed by atoms with E-state index in [0.717, 1.165) is 5.71 Å². The van der Waals surface area contributed by atoms with Gasteiger partial charge in [0.1, 0.15) is 6.04 Å². The minimum Gasteiger partial charge on any atom is -0.298 e. The fourth-order valence-corrected chi connectivity index (χ4v) is 1.33. The number of hydrogen-bond donors (Lipinski definition) is 1. The van der Waals surface area contributed by atoms with E-state index in [0.29, 0.717) is 6.42 Å². The quantitative estimate of drug-likeness (QED) is 0.605. The van der Waals surface area contributed by atoms with E-state index in [1.54, 1.807) is 13.8 Å². The molecule has 2 atom stereocenters. The van der Waals surface area contributed by atoms with Crippen molar-refractivity contribution >= 4 is 5.71 Å². The summed E-state index contributed by atoms with van der Waals surface area (Å²) in [5.41, 5.74) is 2.85. The maximum absolute atomic E-state index is 12.2. The Bertz CT molecular complexity index is 197. The molecule has 0 saturated carbocycles. The van der Waals surface area contributed by atoms with E-state index in [9.17, 15) is 13.2 Å². The average Bonchev–Trinajstić information content (AvgIpc) is 1.83. The molecule has 5 heteroatoms. The molecular formula is C7H11F3N2. The van der Waals surface area contributed by atoms with Crippen molar-refractivity contribution in [2.75, 3.05) is 0 Å². The summed E-state index contributed by atoms with van der Waals surface area (Å²) in [6.07, 6.45) is -3.78. The molecule has 2 unspecified atom stereocenters. The summed E-state index contributed by atoms with van der Waals surface area (Å²) in [4.78, 5) is 0. The summed E-state index contributed by atoms with van der Waals surface area (Å²) in [5, 5.41) is 3.57. The largest absolute Gasteiger partial charge is 0.410 e. The van der Waals surface area contributed by atoms with Gasteiger partial charge in [0, 0.05) is 5.71 Å². The molecule has 12 heavy (non-hydrogen) atoms. The molecule has 1 aliphatic rings. The molecule has 0 aromatic rings. The van der Waals surface area contributed by atoms with Crippen LogP contribution in [0.4, 0.5) is 13.2 Å². The van der Waals surface area contributed by atoms with E-state index in [1.165, 1.54) is 0 Å². The number of rotatable bonds is 0. The Kier molecular flexibility index (Phi) is 2.30. The summed E-state index contributed by atoms with van der Waals surface area (Å²) in [5.74, 6) is -0.428. The minimum absolute atomic E-state index is 0.414. The third-order valence-electron chi connectivity index (χ3n) is 1.93. The summed E-state index contributed by atoms with van der Waals surface area (Å²) in [7, 11) is 0. The molecule has 1 rings (SSSR count). The molecule has 1 N–H and O–H groups in total. The summed E-state index contributed by atoms with van der Waals surface area (Å²) >= 11 is 0. The summed E-state index contributed by atoms with van der Waals surface area (Å²) < 4.78 is 36.6. The lowest BCUT2D eigenvalue weighted by Gasteiger charge is -2.29. The van der Waals surface area contributed by atoms with Gasteiger partial charge in [-0.3, -0.25) is 5.43 Å². The lowest BCUT2D eigenvalue weighted by molar-refractivity contribution is -0.167. The SMILES string of the molecule is CC1=NNC(C(F)(F)F)C(C)C1. The van der Waals surface area contributed by atoms with E-state index in [4.69, 9.17) is 0 Å². The second kappa shape index (κ2) is 2.95. The van der Waals surface area contributed by atoms with E-state index < -0.39 is 18.1 Å². The molecule has 1 heterocycles. The zero-order chi connectivity index (χ0) is 9.35. The number of nitrogens with one attached hydrogen (secondary N) is 1. The number of hydrazone groups is 1. The number of nitrogens with zero attached hydrogens (tertiary/aromatic N) is 1. The minimum atomic E-state index is -4.19. The molecule has 0 bridgehead atoms. The lowest BCUT2D eigenvalue weighted by Crippen LogP contribution is -2.47. The highest BCUT2D eigenvalue weighted by Crippen LogP contribution is 2.29. The zero-order valence-electron chi connectivity index (χ0n) is 6.94. The Balaban J connectivity index is 2.70. The number of halogens is 3. The van der Waals surface area contributed by atoms with Gasteiger partial charge >= 0.3 is 6.18 Å². The molecule has 0 spiro atoms. The predicted octanol–water partition coefficient (Wildman–Crippen LogP) is 1.92. The van der Waals surface area contributed by atoms with Crippen molar-refractivity contribution in [3.05, 3.63) is 0 Å². The Morgan fingerprint density at radius 3 is 2.50 bits per heavy atom. The third-order valence-corrected chi connectivity index (χ3v) is 1.93. The van der Waals surface area contributed by atoms with Crippen LogP contribution in [0.3, 0.4) is 0 Å². The molecule has 0 amide bonds. The van der Waals surface area contributed by atoms with Gasteiger partial charge in [-0.15, -0.1) is 0 Å². The van der Waals surface area contributed by atoms with E-state index in [1.807, 2.05) is 0 Å². The Labute approximate surface area is 68.8 Å². The molecule has 1 aliphatic heterocycles. The molecule has 0 fully saturated rings. The van der Waals surface area contributed by atoms with Crippen molar-refractivity contribution in [3.63, 3.8) is 0 Å². The van der Waals surface area contributed by atoms with Gasteiger partial charge in [0.25, 0.3) is 0 Å². The third kappa shape index (κ3) is 1.89. The molecule has 0 aromatic carbocycles. The Morgan fingerprint density at radius 2 is 2.08 bits per heavy atom. The highest BCUT2D eigenvalue weighted by atomic mass is 19.4. The van der Waals surface area contributed by atoms with Crippen molar-refractivity contribution in [2.45, 2.75) is 32.5 Å². The van der Waals surface area contributed by atoms with Crippen LogP contribution in [-0.4, -0.2) is 17.9 Å². The van der Waals surface area contributed by atoms with Crippen LogP contribution in [0.25, 0.3) is 0 Å². The first-order chi connectivity index (χ1) is 5.41. The topological polar surface area (TPSA) is 24.4 Å². The predicted molar refractivity (Wildman–Crippen MR) is 39.9 cm³/mol. The van der Waals surface area contributed by atoms with Gasteiger partial charge in [-0.2, -0.15) is 18.3 Å². The molecule has 0 saturated heterocycles. The normalized spacial score (nSPS) is 30.9. The molecular weight excluding hydrogens is 169 g/mol. The van der Waals surface area contributed by atoms with Crippen molar-refractivity contribution in [2.24, 2.45) is 11.0 Å². The second-order valence-electron chi connectivity index (χ2n) is 3.18. The van der Waals surface area contributed by atoms with Crippen molar-refractivity contribution in [1.82, 2.24) is 5.43 Å². The number of hydrogen-bond acceptors (Lipinski definition) is 2. The van der Waals surface area contributed by atoms with Crippen LogP contribution in [0, 0.1) is 5.92 Å². The fraction of sp³-hybridized carbons (Fsp3) is 0.857. The summed E-state index contributed by atoms with van der Waals surface area (Å²) in [6, 6.07) is -1.49. The monoisotopic (exact) mass is 180 g/mol. The molecule has 0 aromatic heterocycles. The molecule has 2 nitrogen and oxygen atoms in total. The summed E-state index contributed by atoms with van der Waals surface area (Å²) in [6.45, 7) is 3.29. The smallest absolute Gasteiger partial charge is 0.298 e. The average molecular weight is 180 g/mol. The van der Waals surface area contributed by atoms with Gasteiger partial charge in [0.15, 0.2) is 0 Å². The fourth-order valence-electron chi connectivity index (χ4n) is 1.33. The van der Waals surface area contributed by atoms with Gasteiger partial charge in [0.2, 0.25) is 0 Å². The maximum Gasteiger partial charge on any atom is 0.410 e. The first-order valence-electron chi connectivity index (χ1n) is 3.76. The second-order valence-corrected chi connectivity index (χ2v) is 3.18. The van der Waals surface area contributed by atoms with E-state index >= 15 is 0 Å². The van der Waals surface area contributed by atoms with Crippen LogP contribution >= 0.6 is 0 Å². The van der Waals surface area contributed by atoms with Crippen LogP contribution in [-0.2, 0) is 0 Å². The van der Waals surface area contributed by atoms with Gasteiger partial charge in [-0.25, -0.2) is 0 Å². The maximum atomic E-state index is 12.2. The van der Waals surface area contributed by atoms with E-state index in [2.05, 4.69) is 10.5 Å². The first-order valence-corrected chi connectivity index (χ1v) is 3.76. The van der Waals surface area contributed by atoms with Crippen LogP contribution in [0.5, 0.6) is 0 Å². The van der Waals surface area contributed by atoms with Gasteiger partial charge < -0.3 is 0 Å². The van der Waals surface area contributed by atoms with Crippen LogP contribution in [0.2, 0.25) is 0 Å². The van der Waals surface area contributed by atoms with Crippen molar-refractivity contribution in [3.8, 4) is 0 Å². The van der Waals surface area contributed by atoms with Gasteiger partial charge in [-0.05, 0) is 19.3 Å². The van der Waals surface area contributed by atoms with Crippen LogP contribution in [0.15, 0.2) is 5.10 Å². The van der Waals surface area contributed by atoms with Gasteiger partial charge in [0.05, 0.1) is 0 Å². The van der Waals surface area contributed by atoms with Crippen LogP contribution < -0.4 is 5.43 Å². The van der Waals surface area contributed by atoms with Crippen molar-refractivity contribution < 1.29 is 13.2 Å². The molecule has 70 valence electrons. The van der Waals surface area contributed by atoms with Crippen molar-refractivity contribution in [1.29, 1.82) is 0 Å². The van der Waals surface area contributed by atoms with E-state index in [-0.39, 0.29) is 0 Å². The van der Waals surface area contributed by atoms with Crippen LogP contribution in [0.1, 0.15) is 20.3 Å². The highest BCUT2D eigenvalue weighted by molar-refractivity contribution is 5.82. The standard InChI is InChI=1S/C7H11F3N2/c1-4-3-5(2)11-12-6(4)7(8,9)10/h4,6,12H,3H2,1-2H3. The highest BCUT2D eigenvalue weighted by Gasteiger charge is 2.44. The van der Waals surface area contributed by atoms with Gasteiger partial charge in [-0.1, -0.05) is 6.92 Å². The Morgan fingerprint density at radius 1 is 1.50 bits per heavy atom. The number of alkyl halides is 3. The molecule has 0 aliphatic carbocycles. The Hall–Kier alpha value is -0.740.